The molecule has 0 radical (unpaired) electrons. The Morgan fingerprint density at radius 3 is 2.48 bits per heavy atom. The molecule has 0 fully saturated rings. The zero-order valence-electron chi connectivity index (χ0n) is 19.6. The van der Waals surface area contributed by atoms with E-state index in [0.29, 0.717) is 47.0 Å². The first kappa shape index (κ1) is 27.7. The van der Waals surface area contributed by atoms with Gasteiger partial charge in [-0.2, -0.15) is 0 Å². The molecule has 3 rings (SSSR count). The summed E-state index contributed by atoms with van der Waals surface area (Å²) in [6, 6.07) is 5.74. The molecule has 0 saturated carbocycles. The highest BCUT2D eigenvalue weighted by molar-refractivity contribution is 6.31. The van der Waals surface area contributed by atoms with Crippen molar-refractivity contribution in [3.8, 4) is 0 Å². The molecule has 1 aromatic carbocycles. The van der Waals surface area contributed by atoms with Crippen molar-refractivity contribution in [3.05, 3.63) is 47.0 Å². The second-order valence-corrected chi connectivity index (χ2v) is 6.39. The standard InChI is InChI=1S/C18H17ClFN3O3.C3H6O2.C2H6/c1-4-25-18(24)23(11-5-6-14(20)13(19)9-11)15-12-7-8-22-10(2)16(12)26-17(15)21-3;1-2-5-3-4;1-2/h5-9,21H,4H2,1-3H3;3H,2H2,1H3;1-2H3. The molecular formula is C23H29ClFN3O5. The van der Waals surface area contributed by atoms with Crippen LogP contribution in [0.3, 0.4) is 0 Å². The molecule has 0 aliphatic carbocycles. The number of amides is 1. The van der Waals surface area contributed by atoms with Crippen LogP contribution in [0.2, 0.25) is 5.02 Å². The van der Waals surface area contributed by atoms with Crippen molar-refractivity contribution in [2.45, 2.75) is 34.6 Å². The second-order valence-electron chi connectivity index (χ2n) is 5.99. The molecule has 0 saturated heterocycles. The highest BCUT2D eigenvalue weighted by Gasteiger charge is 2.28. The fourth-order valence-electron chi connectivity index (χ4n) is 2.74. The molecule has 1 amide bonds. The average Bonchev–Trinajstić information content (AvgIpc) is 3.19. The van der Waals surface area contributed by atoms with E-state index in [2.05, 4.69) is 15.0 Å². The first-order valence-electron chi connectivity index (χ1n) is 10.4. The van der Waals surface area contributed by atoms with E-state index in [1.165, 1.54) is 23.1 Å². The number of hydrogen-bond donors (Lipinski definition) is 1. The van der Waals surface area contributed by atoms with Gasteiger partial charge in [-0.05, 0) is 45.0 Å². The van der Waals surface area contributed by atoms with Gasteiger partial charge in [0.25, 0.3) is 6.47 Å². The lowest BCUT2D eigenvalue weighted by molar-refractivity contribution is -0.128. The van der Waals surface area contributed by atoms with Crippen LogP contribution in [-0.2, 0) is 14.3 Å². The van der Waals surface area contributed by atoms with Gasteiger partial charge in [0.1, 0.15) is 11.5 Å². The lowest BCUT2D eigenvalue weighted by Gasteiger charge is -2.22. The number of fused-ring (bicyclic) bond motifs is 1. The zero-order chi connectivity index (χ0) is 25.0. The van der Waals surface area contributed by atoms with Crippen molar-refractivity contribution in [3.63, 3.8) is 0 Å². The van der Waals surface area contributed by atoms with Crippen LogP contribution in [0.5, 0.6) is 0 Å². The van der Waals surface area contributed by atoms with E-state index in [1.54, 1.807) is 40.1 Å². The summed E-state index contributed by atoms with van der Waals surface area (Å²) in [4.78, 5) is 27.4. The Kier molecular flexibility index (Phi) is 11.7. The average molecular weight is 482 g/mol. The van der Waals surface area contributed by atoms with Gasteiger partial charge in [0, 0.05) is 13.2 Å². The second kappa shape index (κ2) is 13.9. The molecular weight excluding hydrogens is 453 g/mol. The van der Waals surface area contributed by atoms with Crippen LogP contribution in [0.25, 0.3) is 11.0 Å². The van der Waals surface area contributed by atoms with E-state index in [1.807, 2.05) is 13.8 Å². The molecule has 2 aromatic heterocycles. The van der Waals surface area contributed by atoms with Gasteiger partial charge < -0.3 is 19.2 Å². The van der Waals surface area contributed by atoms with Crippen molar-refractivity contribution < 1.29 is 27.9 Å². The lowest BCUT2D eigenvalue weighted by atomic mass is 10.2. The fourth-order valence-corrected chi connectivity index (χ4v) is 2.91. The third-order valence-corrected chi connectivity index (χ3v) is 4.34. The molecule has 33 heavy (non-hydrogen) atoms. The number of hydrogen-bond acceptors (Lipinski definition) is 7. The highest BCUT2D eigenvalue weighted by atomic mass is 35.5. The first-order chi connectivity index (χ1) is 15.9. The van der Waals surface area contributed by atoms with Crippen molar-refractivity contribution in [2.24, 2.45) is 0 Å². The van der Waals surface area contributed by atoms with Crippen LogP contribution in [0.4, 0.5) is 26.4 Å². The molecule has 180 valence electrons. The van der Waals surface area contributed by atoms with Gasteiger partial charge in [-0.3, -0.25) is 9.78 Å². The summed E-state index contributed by atoms with van der Waals surface area (Å²) in [7, 11) is 1.67. The maximum Gasteiger partial charge on any atom is 0.419 e. The van der Waals surface area contributed by atoms with Gasteiger partial charge in [-0.15, -0.1) is 0 Å². The van der Waals surface area contributed by atoms with Gasteiger partial charge in [-0.1, -0.05) is 25.4 Å². The van der Waals surface area contributed by atoms with Crippen LogP contribution >= 0.6 is 11.6 Å². The van der Waals surface area contributed by atoms with E-state index in [-0.39, 0.29) is 11.6 Å². The van der Waals surface area contributed by atoms with Crippen molar-refractivity contribution in [1.82, 2.24) is 4.98 Å². The summed E-state index contributed by atoms with van der Waals surface area (Å²) in [5, 5.41) is 3.49. The van der Waals surface area contributed by atoms with Gasteiger partial charge in [0.2, 0.25) is 5.88 Å². The fraction of sp³-hybridized carbons (Fsp3) is 0.348. The van der Waals surface area contributed by atoms with Crippen molar-refractivity contribution >= 4 is 52.4 Å². The SMILES string of the molecule is CC.CCOC(=O)N(c1ccc(F)c(Cl)c1)c1c(NC)oc2c(C)nccc12.CCOC=O. The first-order valence-corrected chi connectivity index (χ1v) is 10.8. The summed E-state index contributed by atoms with van der Waals surface area (Å²) in [5.74, 6) is -0.227. The van der Waals surface area contributed by atoms with Crippen LogP contribution in [0, 0.1) is 12.7 Å². The van der Waals surface area contributed by atoms with Crippen LogP contribution in [0.15, 0.2) is 34.9 Å². The molecule has 0 atom stereocenters. The molecule has 0 bridgehead atoms. The zero-order valence-corrected chi connectivity index (χ0v) is 20.3. The molecule has 8 nitrogen and oxygen atoms in total. The maximum absolute atomic E-state index is 13.6. The number of furan rings is 1. The Bertz CT molecular complexity index is 1060. The Hall–Kier alpha value is -3.33. The Balaban J connectivity index is 0.000000689. The number of aromatic nitrogens is 1. The van der Waals surface area contributed by atoms with Crippen LogP contribution < -0.4 is 10.2 Å². The highest BCUT2D eigenvalue weighted by Crippen LogP contribution is 2.42. The van der Waals surface area contributed by atoms with E-state index in [9.17, 15) is 14.0 Å². The predicted octanol–water partition coefficient (Wildman–Crippen LogP) is 6.47. The van der Waals surface area contributed by atoms with Crippen LogP contribution in [-0.4, -0.2) is 37.8 Å². The number of carbonyl (C=O) groups is 2. The number of carbonyl (C=O) groups excluding carboxylic acids is 2. The summed E-state index contributed by atoms with van der Waals surface area (Å²) in [6.07, 6.45) is 0.987. The Morgan fingerprint density at radius 1 is 1.27 bits per heavy atom. The maximum atomic E-state index is 13.6. The van der Waals surface area contributed by atoms with Crippen LogP contribution in [0.1, 0.15) is 33.4 Å². The topological polar surface area (TPSA) is 93.9 Å². The Morgan fingerprint density at radius 2 is 1.97 bits per heavy atom. The summed E-state index contributed by atoms with van der Waals surface area (Å²) >= 11 is 5.92. The molecule has 1 N–H and O–H groups in total. The predicted molar refractivity (Wildman–Crippen MR) is 128 cm³/mol. The number of benzene rings is 1. The van der Waals surface area contributed by atoms with Gasteiger partial charge in [-0.25, -0.2) is 14.1 Å². The summed E-state index contributed by atoms with van der Waals surface area (Å²) in [5.41, 5.74) is 2.00. The molecule has 0 aliphatic rings. The molecule has 2 heterocycles. The number of aryl methyl sites for hydroxylation is 1. The molecule has 0 aliphatic heterocycles. The lowest BCUT2D eigenvalue weighted by Crippen LogP contribution is -2.27. The summed E-state index contributed by atoms with van der Waals surface area (Å²) < 4.78 is 28.8. The minimum absolute atomic E-state index is 0.103. The number of halogens is 2. The van der Waals surface area contributed by atoms with Gasteiger partial charge in [0.05, 0.1) is 35.0 Å². The molecule has 0 spiro atoms. The van der Waals surface area contributed by atoms with Crippen molar-refractivity contribution in [1.29, 1.82) is 0 Å². The number of anilines is 3. The van der Waals surface area contributed by atoms with E-state index in [4.69, 9.17) is 20.8 Å². The van der Waals surface area contributed by atoms with E-state index in [0.717, 1.165) is 0 Å². The number of nitrogens with zero attached hydrogens (tertiary/aromatic N) is 2. The molecule has 3 aromatic rings. The quantitative estimate of drug-likeness (QED) is 0.403. The molecule has 0 unspecified atom stereocenters. The largest absolute Gasteiger partial charge is 0.468 e. The number of rotatable bonds is 6. The number of nitrogens with one attached hydrogen (secondary N) is 1. The van der Waals surface area contributed by atoms with Gasteiger partial charge in [0.15, 0.2) is 5.58 Å². The summed E-state index contributed by atoms with van der Waals surface area (Å²) in [6.45, 7) is 10.3. The van der Waals surface area contributed by atoms with Crippen molar-refractivity contribution in [2.75, 3.05) is 30.5 Å². The number of ether oxygens (including phenoxy) is 2. The normalized spacial score (nSPS) is 9.70. The minimum atomic E-state index is -0.635. The van der Waals surface area contributed by atoms with E-state index >= 15 is 0 Å². The monoisotopic (exact) mass is 481 g/mol. The smallest absolute Gasteiger partial charge is 0.419 e. The Labute approximate surface area is 197 Å². The minimum Gasteiger partial charge on any atom is -0.468 e. The molecule has 10 heteroatoms. The third kappa shape index (κ3) is 6.82. The number of pyridine rings is 1. The van der Waals surface area contributed by atoms with E-state index < -0.39 is 11.9 Å². The third-order valence-electron chi connectivity index (χ3n) is 4.05. The van der Waals surface area contributed by atoms with Gasteiger partial charge >= 0.3 is 6.09 Å².